The quantitative estimate of drug-likeness (QED) is 0.681. The van der Waals surface area contributed by atoms with Crippen LogP contribution < -0.4 is 16.2 Å². The summed E-state index contributed by atoms with van der Waals surface area (Å²) < 4.78 is 0. The molecule has 6 nitrogen and oxygen atoms in total. The Hall–Kier alpha value is -1.99. The van der Waals surface area contributed by atoms with Crippen molar-refractivity contribution in [2.45, 2.75) is 6.04 Å². The number of benzene rings is 1. The summed E-state index contributed by atoms with van der Waals surface area (Å²) in [6.45, 7) is 0.864. The number of rotatable bonds is 3. The number of thioether (sulfide) groups is 1. The summed E-state index contributed by atoms with van der Waals surface area (Å²) in [5.74, 6) is 1.84. The predicted octanol–water partition coefficient (Wildman–Crippen LogP) is 1.01. The number of anilines is 1. The highest BCUT2D eigenvalue weighted by atomic mass is 32.2. The van der Waals surface area contributed by atoms with Gasteiger partial charge in [0.25, 0.3) is 5.56 Å². The molecule has 1 aliphatic rings. The predicted molar refractivity (Wildman–Crippen MR) is 84.6 cm³/mol. The molecule has 1 amide bonds. The maximum Gasteiger partial charge on any atom is 0.264 e. The highest BCUT2D eigenvalue weighted by Gasteiger charge is 2.20. The van der Waals surface area contributed by atoms with Crippen molar-refractivity contribution in [3.63, 3.8) is 0 Å². The zero-order valence-corrected chi connectivity index (χ0v) is 12.1. The molecule has 0 radical (unpaired) electrons. The van der Waals surface area contributed by atoms with Crippen molar-refractivity contribution in [3.05, 3.63) is 40.7 Å². The van der Waals surface area contributed by atoms with E-state index in [0.717, 1.165) is 35.0 Å². The van der Waals surface area contributed by atoms with E-state index in [0.29, 0.717) is 0 Å². The van der Waals surface area contributed by atoms with Gasteiger partial charge in [-0.05, 0) is 17.7 Å². The summed E-state index contributed by atoms with van der Waals surface area (Å²) in [5.41, 5.74) is 2.20. The van der Waals surface area contributed by atoms with Gasteiger partial charge in [-0.25, -0.2) is 0 Å². The highest BCUT2D eigenvalue weighted by Crippen LogP contribution is 2.18. The Kier molecular flexibility index (Phi) is 4.12. The second-order valence-electron chi connectivity index (χ2n) is 4.82. The molecule has 3 rings (SSSR count). The summed E-state index contributed by atoms with van der Waals surface area (Å²) in [7, 11) is 0. The third kappa shape index (κ3) is 3.37. The molecule has 1 saturated heterocycles. The lowest BCUT2D eigenvalue weighted by molar-refractivity contribution is -0.117. The number of aromatic nitrogens is 2. The van der Waals surface area contributed by atoms with E-state index in [9.17, 15) is 9.59 Å². The molecule has 0 spiro atoms. The van der Waals surface area contributed by atoms with Gasteiger partial charge in [0.2, 0.25) is 5.91 Å². The van der Waals surface area contributed by atoms with Gasteiger partial charge >= 0.3 is 0 Å². The van der Waals surface area contributed by atoms with Crippen molar-refractivity contribution in [1.29, 1.82) is 0 Å². The van der Waals surface area contributed by atoms with E-state index < -0.39 is 0 Å². The number of hydrogen-bond donors (Lipinski definition) is 4. The molecule has 1 aromatic carbocycles. The van der Waals surface area contributed by atoms with Gasteiger partial charge < -0.3 is 10.6 Å². The standard InChI is InChI=1S/C14H16N4O2S/c19-13-7-11(17-18-13)9-1-3-10(4-2-9)16-14(20)12-8-21-6-5-15-12/h1-4,7,12,15H,5-6,8H2,(H,16,20)(H2,17,18,19). The molecule has 21 heavy (non-hydrogen) atoms. The minimum absolute atomic E-state index is 0.00926. The molecule has 2 aromatic rings. The number of carbonyl (C=O) groups excluding carboxylic acids is 1. The second kappa shape index (κ2) is 6.19. The average Bonchev–Trinajstić information content (AvgIpc) is 2.95. The summed E-state index contributed by atoms with van der Waals surface area (Å²) >= 11 is 1.78. The third-order valence-electron chi connectivity index (χ3n) is 3.30. The lowest BCUT2D eigenvalue weighted by Crippen LogP contribution is -2.46. The lowest BCUT2D eigenvalue weighted by atomic mass is 10.1. The average molecular weight is 304 g/mol. The monoisotopic (exact) mass is 304 g/mol. The third-order valence-corrected chi connectivity index (χ3v) is 4.36. The van der Waals surface area contributed by atoms with Crippen LogP contribution in [0.4, 0.5) is 5.69 Å². The van der Waals surface area contributed by atoms with Crippen molar-refractivity contribution >= 4 is 23.4 Å². The molecule has 0 aliphatic carbocycles. The van der Waals surface area contributed by atoms with Crippen LogP contribution in [0, 0.1) is 0 Å². The molecular weight excluding hydrogens is 288 g/mol. The first-order valence-electron chi connectivity index (χ1n) is 6.72. The Labute approximate surface area is 125 Å². The van der Waals surface area contributed by atoms with Crippen LogP contribution in [0.25, 0.3) is 11.3 Å². The highest BCUT2D eigenvalue weighted by molar-refractivity contribution is 7.99. The molecule has 110 valence electrons. The van der Waals surface area contributed by atoms with Crippen LogP contribution >= 0.6 is 11.8 Å². The molecular formula is C14H16N4O2S. The van der Waals surface area contributed by atoms with Gasteiger partial charge in [0, 0.05) is 29.8 Å². The van der Waals surface area contributed by atoms with Crippen LogP contribution in [0.15, 0.2) is 35.1 Å². The van der Waals surface area contributed by atoms with E-state index in [1.807, 2.05) is 24.3 Å². The Balaban J connectivity index is 1.66. The molecule has 2 heterocycles. The van der Waals surface area contributed by atoms with Gasteiger partial charge in [0.15, 0.2) is 0 Å². The lowest BCUT2D eigenvalue weighted by Gasteiger charge is -2.22. The van der Waals surface area contributed by atoms with Crippen molar-refractivity contribution in [1.82, 2.24) is 15.5 Å². The van der Waals surface area contributed by atoms with Crippen LogP contribution in [0.2, 0.25) is 0 Å². The molecule has 1 unspecified atom stereocenters. The number of carbonyl (C=O) groups is 1. The molecule has 1 fully saturated rings. The van der Waals surface area contributed by atoms with Gasteiger partial charge in [0.1, 0.15) is 0 Å². The molecule has 0 saturated carbocycles. The molecule has 1 aliphatic heterocycles. The number of aromatic amines is 2. The van der Waals surface area contributed by atoms with Gasteiger partial charge in [-0.3, -0.25) is 19.8 Å². The maximum atomic E-state index is 12.1. The van der Waals surface area contributed by atoms with Crippen LogP contribution in [0.5, 0.6) is 0 Å². The fraction of sp³-hybridized carbons (Fsp3) is 0.286. The van der Waals surface area contributed by atoms with Gasteiger partial charge in [0.05, 0.1) is 11.7 Å². The molecule has 7 heteroatoms. The Morgan fingerprint density at radius 1 is 1.24 bits per heavy atom. The minimum Gasteiger partial charge on any atom is -0.325 e. The largest absolute Gasteiger partial charge is 0.325 e. The maximum absolute atomic E-state index is 12.1. The van der Waals surface area contributed by atoms with Crippen molar-refractivity contribution in [3.8, 4) is 11.3 Å². The first-order chi connectivity index (χ1) is 10.2. The van der Waals surface area contributed by atoms with Crippen molar-refractivity contribution in [2.75, 3.05) is 23.4 Å². The normalized spacial score (nSPS) is 18.4. The first kappa shape index (κ1) is 14.0. The first-order valence-corrected chi connectivity index (χ1v) is 7.88. The van der Waals surface area contributed by atoms with Crippen molar-refractivity contribution in [2.24, 2.45) is 0 Å². The smallest absolute Gasteiger partial charge is 0.264 e. The topological polar surface area (TPSA) is 89.8 Å². The van der Waals surface area contributed by atoms with Gasteiger partial charge in [-0.15, -0.1) is 0 Å². The number of amides is 1. The van der Waals surface area contributed by atoms with Crippen LogP contribution in [-0.2, 0) is 4.79 Å². The van der Waals surface area contributed by atoms with Crippen LogP contribution in [0.1, 0.15) is 0 Å². The van der Waals surface area contributed by atoms with E-state index in [4.69, 9.17) is 0 Å². The zero-order chi connectivity index (χ0) is 14.7. The van der Waals surface area contributed by atoms with E-state index in [-0.39, 0.29) is 17.5 Å². The Bertz CT molecular complexity index is 671. The fourth-order valence-electron chi connectivity index (χ4n) is 2.18. The van der Waals surface area contributed by atoms with Gasteiger partial charge in [-0.1, -0.05) is 12.1 Å². The second-order valence-corrected chi connectivity index (χ2v) is 5.97. The number of H-pyrrole nitrogens is 2. The molecule has 1 atom stereocenters. The number of nitrogens with one attached hydrogen (secondary N) is 4. The summed E-state index contributed by atoms with van der Waals surface area (Å²) in [5, 5.41) is 11.4. The summed E-state index contributed by atoms with van der Waals surface area (Å²) in [6.07, 6.45) is 0. The minimum atomic E-state index is -0.164. The van der Waals surface area contributed by atoms with Gasteiger partial charge in [-0.2, -0.15) is 11.8 Å². The van der Waals surface area contributed by atoms with E-state index in [1.165, 1.54) is 6.07 Å². The van der Waals surface area contributed by atoms with E-state index >= 15 is 0 Å². The van der Waals surface area contributed by atoms with E-state index in [2.05, 4.69) is 20.8 Å². The SMILES string of the molecule is O=C(Nc1ccc(-c2cc(=O)[nH][nH]2)cc1)C1CSCCN1. The summed E-state index contributed by atoms with van der Waals surface area (Å²) in [4.78, 5) is 23.2. The molecule has 4 N–H and O–H groups in total. The summed E-state index contributed by atoms with van der Waals surface area (Å²) in [6, 6.07) is 8.74. The van der Waals surface area contributed by atoms with Crippen molar-refractivity contribution < 1.29 is 4.79 Å². The number of hydrogen-bond acceptors (Lipinski definition) is 4. The molecule has 1 aromatic heterocycles. The molecule has 0 bridgehead atoms. The Morgan fingerprint density at radius 2 is 2.05 bits per heavy atom. The van der Waals surface area contributed by atoms with Crippen LogP contribution in [-0.4, -0.2) is 40.2 Å². The Morgan fingerprint density at radius 3 is 2.67 bits per heavy atom. The fourth-order valence-corrected chi connectivity index (χ4v) is 3.12. The van der Waals surface area contributed by atoms with Crippen LogP contribution in [0.3, 0.4) is 0 Å². The zero-order valence-electron chi connectivity index (χ0n) is 11.3. The van der Waals surface area contributed by atoms with E-state index in [1.54, 1.807) is 11.8 Å².